The monoisotopic (exact) mass is 257 g/mol. The molecular formula is C13H11N3OS. The molecule has 0 aliphatic heterocycles. The second kappa shape index (κ2) is 4.34. The highest BCUT2D eigenvalue weighted by Gasteiger charge is 2.09. The van der Waals surface area contributed by atoms with Crippen LogP contribution >= 0.6 is 11.3 Å². The van der Waals surface area contributed by atoms with Gasteiger partial charge in [0.1, 0.15) is 5.65 Å². The summed E-state index contributed by atoms with van der Waals surface area (Å²) in [6, 6.07) is 3.76. The standard InChI is InChI=1S/C13H11N3OS/c1-9-15-5-11(18-9)7-16-6-10(8-17)12-3-2-4-14-13(12)16/h2-6,8H,7H2,1H3. The van der Waals surface area contributed by atoms with E-state index < -0.39 is 0 Å². The number of hydrogen-bond donors (Lipinski definition) is 0. The van der Waals surface area contributed by atoms with Crippen molar-refractivity contribution >= 4 is 28.7 Å². The average molecular weight is 257 g/mol. The minimum absolute atomic E-state index is 0.680. The Balaban J connectivity index is 2.09. The number of nitrogens with zero attached hydrogens (tertiary/aromatic N) is 3. The number of rotatable bonds is 3. The van der Waals surface area contributed by atoms with Crippen molar-refractivity contribution in [1.82, 2.24) is 14.5 Å². The van der Waals surface area contributed by atoms with E-state index in [0.717, 1.165) is 27.2 Å². The molecule has 90 valence electrons. The molecule has 0 aromatic carbocycles. The minimum Gasteiger partial charge on any atom is -0.326 e. The van der Waals surface area contributed by atoms with Crippen molar-refractivity contribution in [2.75, 3.05) is 0 Å². The summed E-state index contributed by atoms with van der Waals surface area (Å²) in [5, 5.41) is 1.94. The van der Waals surface area contributed by atoms with E-state index in [2.05, 4.69) is 9.97 Å². The molecule has 0 atom stereocenters. The number of carbonyl (C=O) groups excluding carboxylic acids is 1. The van der Waals surface area contributed by atoms with Crippen molar-refractivity contribution in [2.24, 2.45) is 0 Å². The van der Waals surface area contributed by atoms with E-state index in [4.69, 9.17) is 0 Å². The molecule has 0 saturated heterocycles. The van der Waals surface area contributed by atoms with E-state index >= 15 is 0 Å². The van der Waals surface area contributed by atoms with Gasteiger partial charge in [-0.2, -0.15) is 0 Å². The van der Waals surface area contributed by atoms with Crippen LogP contribution in [0, 0.1) is 6.92 Å². The first-order chi connectivity index (χ1) is 8.78. The van der Waals surface area contributed by atoms with Crippen LogP contribution in [-0.2, 0) is 6.54 Å². The van der Waals surface area contributed by atoms with E-state index in [1.165, 1.54) is 0 Å². The first-order valence-electron chi connectivity index (χ1n) is 5.58. The zero-order chi connectivity index (χ0) is 12.5. The van der Waals surface area contributed by atoms with Crippen molar-refractivity contribution in [2.45, 2.75) is 13.5 Å². The molecule has 3 heterocycles. The summed E-state index contributed by atoms with van der Waals surface area (Å²) in [7, 11) is 0. The Morgan fingerprint density at radius 1 is 1.44 bits per heavy atom. The second-order valence-electron chi connectivity index (χ2n) is 4.05. The van der Waals surface area contributed by atoms with Gasteiger partial charge >= 0.3 is 0 Å². The molecule has 0 bridgehead atoms. The fourth-order valence-corrected chi connectivity index (χ4v) is 2.80. The number of aldehydes is 1. The Kier molecular flexibility index (Phi) is 2.68. The lowest BCUT2D eigenvalue weighted by molar-refractivity contribution is 0.112. The predicted molar refractivity (Wildman–Crippen MR) is 71.1 cm³/mol. The lowest BCUT2D eigenvalue weighted by Crippen LogP contribution is -1.96. The summed E-state index contributed by atoms with van der Waals surface area (Å²) in [6.07, 6.45) is 6.33. The van der Waals surface area contributed by atoms with Crippen molar-refractivity contribution in [1.29, 1.82) is 0 Å². The Morgan fingerprint density at radius 2 is 2.33 bits per heavy atom. The van der Waals surface area contributed by atoms with Gasteiger partial charge < -0.3 is 4.57 Å². The third-order valence-corrected chi connectivity index (χ3v) is 3.68. The van der Waals surface area contributed by atoms with E-state index in [1.807, 2.05) is 36.0 Å². The number of fused-ring (bicyclic) bond motifs is 1. The van der Waals surface area contributed by atoms with Crippen LogP contribution in [0.4, 0.5) is 0 Å². The first-order valence-corrected chi connectivity index (χ1v) is 6.40. The van der Waals surface area contributed by atoms with Gasteiger partial charge in [0, 0.05) is 34.4 Å². The molecule has 5 heteroatoms. The highest BCUT2D eigenvalue weighted by molar-refractivity contribution is 7.11. The Morgan fingerprint density at radius 3 is 3.06 bits per heavy atom. The normalized spacial score (nSPS) is 10.9. The zero-order valence-corrected chi connectivity index (χ0v) is 10.6. The van der Waals surface area contributed by atoms with E-state index in [9.17, 15) is 4.79 Å². The highest BCUT2D eigenvalue weighted by Crippen LogP contribution is 2.20. The van der Waals surface area contributed by atoms with Gasteiger partial charge in [-0.15, -0.1) is 11.3 Å². The molecule has 0 radical (unpaired) electrons. The molecule has 0 unspecified atom stereocenters. The summed E-state index contributed by atoms with van der Waals surface area (Å²) in [5.41, 5.74) is 1.52. The topological polar surface area (TPSA) is 47.8 Å². The van der Waals surface area contributed by atoms with Crippen LogP contribution in [0.5, 0.6) is 0 Å². The minimum atomic E-state index is 0.680. The molecule has 0 amide bonds. The molecule has 4 nitrogen and oxygen atoms in total. The first kappa shape index (κ1) is 11.1. The van der Waals surface area contributed by atoms with E-state index in [1.54, 1.807) is 17.5 Å². The molecule has 0 aliphatic rings. The van der Waals surface area contributed by atoms with E-state index in [0.29, 0.717) is 12.1 Å². The van der Waals surface area contributed by atoms with Crippen LogP contribution < -0.4 is 0 Å². The van der Waals surface area contributed by atoms with Crippen LogP contribution in [0.15, 0.2) is 30.7 Å². The molecule has 18 heavy (non-hydrogen) atoms. The van der Waals surface area contributed by atoms with Crippen LogP contribution in [0.1, 0.15) is 20.2 Å². The van der Waals surface area contributed by atoms with Crippen molar-refractivity contribution in [3.8, 4) is 0 Å². The summed E-state index contributed by atoms with van der Waals surface area (Å²) < 4.78 is 1.99. The van der Waals surface area contributed by atoms with Crippen LogP contribution in [0.3, 0.4) is 0 Å². The number of pyridine rings is 1. The van der Waals surface area contributed by atoms with Gasteiger partial charge in [0.05, 0.1) is 11.6 Å². The molecular weight excluding hydrogens is 246 g/mol. The molecule has 0 N–H and O–H groups in total. The van der Waals surface area contributed by atoms with Gasteiger partial charge in [0.15, 0.2) is 6.29 Å². The summed E-state index contributed by atoms with van der Waals surface area (Å²) in [5.74, 6) is 0. The lowest BCUT2D eigenvalue weighted by Gasteiger charge is -2.00. The molecule has 3 aromatic rings. The molecule has 0 aliphatic carbocycles. The maximum absolute atomic E-state index is 11.0. The van der Waals surface area contributed by atoms with E-state index in [-0.39, 0.29) is 0 Å². The van der Waals surface area contributed by atoms with Crippen molar-refractivity contribution in [3.05, 3.63) is 46.2 Å². The Labute approximate surface area is 108 Å². The summed E-state index contributed by atoms with van der Waals surface area (Å²) >= 11 is 1.66. The van der Waals surface area contributed by atoms with Crippen molar-refractivity contribution < 1.29 is 4.79 Å². The molecule has 0 spiro atoms. The third kappa shape index (κ3) is 1.82. The lowest BCUT2D eigenvalue weighted by atomic mass is 10.2. The van der Waals surface area contributed by atoms with Gasteiger partial charge in [-0.1, -0.05) is 0 Å². The van der Waals surface area contributed by atoms with Gasteiger partial charge in [0.2, 0.25) is 0 Å². The smallest absolute Gasteiger partial charge is 0.152 e. The van der Waals surface area contributed by atoms with Crippen LogP contribution in [-0.4, -0.2) is 20.8 Å². The van der Waals surface area contributed by atoms with Gasteiger partial charge in [-0.05, 0) is 19.1 Å². The van der Waals surface area contributed by atoms with Crippen LogP contribution in [0.25, 0.3) is 11.0 Å². The number of aromatic nitrogens is 3. The summed E-state index contributed by atoms with van der Waals surface area (Å²) in [4.78, 5) is 20.8. The number of thiazole rings is 1. The number of aryl methyl sites for hydroxylation is 1. The molecule has 0 fully saturated rings. The second-order valence-corrected chi connectivity index (χ2v) is 5.37. The molecule has 0 saturated carbocycles. The molecule has 3 aromatic heterocycles. The predicted octanol–water partition coefficient (Wildman–Crippen LogP) is 2.66. The van der Waals surface area contributed by atoms with Gasteiger partial charge in [-0.3, -0.25) is 4.79 Å². The van der Waals surface area contributed by atoms with Gasteiger partial charge in [0.25, 0.3) is 0 Å². The Bertz CT molecular complexity index is 714. The van der Waals surface area contributed by atoms with Gasteiger partial charge in [-0.25, -0.2) is 9.97 Å². The summed E-state index contributed by atoms with van der Waals surface area (Å²) in [6.45, 7) is 2.68. The number of carbonyl (C=O) groups is 1. The highest BCUT2D eigenvalue weighted by atomic mass is 32.1. The third-order valence-electron chi connectivity index (χ3n) is 2.79. The SMILES string of the molecule is Cc1ncc(Cn2cc(C=O)c3cccnc32)s1. The number of hydrogen-bond acceptors (Lipinski definition) is 4. The fraction of sp³-hybridized carbons (Fsp3) is 0.154. The Hall–Kier alpha value is -2.01. The average Bonchev–Trinajstić information content (AvgIpc) is 2.95. The fourth-order valence-electron chi connectivity index (χ4n) is 2.01. The zero-order valence-electron chi connectivity index (χ0n) is 9.83. The molecule has 3 rings (SSSR count). The van der Waals surface area contributed by atoms with Crippen molar-refractivity contribution in [3.63, 3.8) is 0 Å². The van der Waals surface area contributed by atoms with Crippen LogP contribution in [0.2, 0.25) is 0 Å². The maximum atomic E-state index is 11.0. The largest absolute Gasteiger partial charge is 0.326 e. The quantitative estimate of drug-likeness (QED) is 0.678. The maximum Gasteiger partial charge on any atom is 0.152 e.